The van der Waals surface area contributed by atoms with Crippen LogP contribution in [-0.2, 0) is 33.2 Å². The molecule has 8 rings (SSSR count). The van der Waals surface area contributed by atoms with E-state index >= 15 is 0 Å². The summed E-state index contributed by atoms with van der Waals surface area (Å²) in [6, 6.07) is -4.42. The highest BCUT2D eigenvalue weighted by molar-refractivity contribution is 5.75. The molecule has 70 heavy (non-hydrogen) atoms. The van der Waals surface area contributed by atoms with Gasteiger partial charge in [-0.15, -0.1) is 0 Å². The topological polar surface area (TPSA) is 423 Å². The molecular weight excluding hydrogens is 919 g/mol. The monoisotopic (exact) mass is 1000 g/mol. The smallest absolute Gasteiger partial charge is 0.220 e. The molecule has 0 spiro atoms. The molecule has 0 aromatic carbocycles. The number of nitrogens with one attached hydrogen (secondary N) is 1. The van der Waals surface area contributed by atoms with Gasteiger partial charge in [0.2, 0.25) is 5.91 Å². The fourth-order valence-corrected chi connectivity index (χ4v) is 14.8. The first kappa shape index (κ1) is 54.9. The van der Waals surface area contributed by atoms with E-state index < -0.39 is 134 Å². The van der Waals surface area contributed by atoms with E-state index in [1.807, 2.05) is 0 Å². The molecule has 0 aromatic rings. The van der Waals surface area contributed by atoms with Gasteiger partial charge in [-0.1, -0.05) is 20.8 Å². The number of aliphatic hydroxyl groups excluding tert-OH is 9. The van der Waals surface area contributed by atoms with E-state index in [1.54, 1.807) is 0 Å². The SMILES string of the molecule is C[C@H](CCC(=O)NC[C@H]1O[C@@H](O[C@@H]2[C@@H](O)[C@H](N)C[C@H](N)[C@H]2O[C@H]2O[C@H](CN)[C@@H](O)[C@H](O)[C@H]2N)[C@H](O)[C@@H]1O[C@H]1O[C@@H](CN)[C@@H](O)[C@H](O)[C@H]1N)[C@H]1CC[C@H]2[C@@H]3[C@H](O)C[C@@H]4C[C@H](O)CC[C@]4(C)[C@H]3C[C@H](O)[C@]12C. The van der Waals surface area contributed by atoms with Crippen LogP contribution in [0.3, 0.4) is 0 Å². The van der Waals surface area contributed by atoms with E-state index in [4.69, 9.17) is 62.8 Å². The molecule has 0 aromatic heterocycles. The maximum atomic E-state index is 13.8. The van der Waals surface area contributed by atoms with Crippen molar-refractivity contribution in [1.29, 1.82) is 0 Å². The Morgan fingerprint density at radius 2 is 1.24 bits per heavy atom. The molecule has 404 valence electrons. The lowest BCUT2D eigenvalue weighted by molar-refractivity contribution is -0.306. The number of carbonyl (C=O) groups excluding carboxylic acids is 1. The molecule has 8 fully saturated rings. The predicted molar refractivity (Wildman–Crippen MR) is 247 cm³/mol. The van der Waals surface area contributed by atoms with Crippen LogP contribution in [0.15, 0.2) is 0 Å². The van der Waals surface area contributed by atoms with Crippen LogP contribution in [0.2, 0.25) is 0 Å². The first-order valence-electron chi connectivity index (χ1n) is 25.8. The average Bonchev–Trinajstić information content (AvgIpc) is 3.83. The summed E-state index contributed by atoms with van der Waals surface area (Å²) < 4.78 is 36.6. The average molecular weight is 1000 g/mol. The van der Waals surface area contributed by atoms with Gasteiger partial charge in [0.05, 0.1) is 36.5 Å². The highest BCUT2D eigenvalue weighted by atomic mass is 16.8. The van der Waals surface area contributed by atoms with Crippen molar-refractivity contribution < 1.29 is 79.2 Å². The van der Waals surface area contributed by atoms with Crippen molar-refractivity contribution in [3.63, 3.8) is 0 Å². The Labute approximate surface area is 409 Å². The van der Waals surface area contributed by atoms with E-state index in [-0.39, 0.29) is 85.4 Å². The van der Waals surface area contributed by atoms with Gasteiger partial charge < -0.3 is 114 Å². The summed E-state index contributed by atoms with van der Waals surface area (Å²) in [6.45, 7) is 5.98. The van der Waals surface area contributed by atoms with Crippen LogP contribution in [0.25, 0.3) is 0 Å². The summed E-state index contributed by atoms with van der Waals surface area (Å²) in [5.41, 5.74) is 36.4. The highest BCUT2D eigenvalue weighted by Crippen LogP contribution is 2.68. The van der Waals surface area contributed by atoms with Gasteiger partial charge in [0, 0.05) is 38.1 Å². The van der Waals surface area contributed by atoms with Crippen molar-refractivity contribution in [2.24, 2.45) is 80.7 Å². The number of rotatable bonds is 14. The van der Waals surface area contributed by atoms with Crippen LogP contribution in [0.4, 0.5) is 0 Å². The number of ether oxygens (including phenoxy) is 6. The van der Waals surface area contributed by atoms with Crippen LogP contribution in [0.1, 0.15) is 85.0 Å². The van der Waals surface area contributed by atoms with Gasteiger partial charge in [0.1, 0.15) is 67.1 Å². The second-order valence-corrected chi connectivity index (χ2v) is 22.9. The fourth-order valence-electron chi connectivity index (χ4n) is 14.8. The number of nitrogens with two attached hydrogens (primary N) is 6. The van der Waals surface area contributed by atoms with Crippen molar-refractivity contribution in [2.75, 3.05) is 19.6 Å². The molecule has 23 heteroatoms. The molecular formula is C47H85N7O16. The van der Waals surface area contributed by atoms with Gasteiger partial charge in [-0.25, -0.2) is 0 Å². The number of hydrogen-bond acceptors (Lipinski definition) is 22. The molecule has 3 heterocycles. The minimum atomic E-state index is -1.68. The van der Waals surface area contributed by atoms with Gasteiger partial charge in [-0.3, -0.25) is 4.79 Å². The van der Waals surface area contributed by atoms with Crippen LogP contribution in [0, 0.1) is 46.3 Å². The molecule has 5 saturated carbocycles. The largest absolute Gasteiger partial charge is 0.393 e. The first-order chi connectivity index (χ1) is 33.0. The summed E-state index contributed by atoms with van der Waals surface area (Å²) >= 11 is 0. The summed E-state index contributed by atoms with van der Waals surface area (Å²) in [6.07, 6.45) is -16.1. The molecule has 0 bridgehead atoms. The Hall–Kier alpha value is -1.37. The number of hydrogen-bond donors (Lipinski definition) is 16. The Balaban J connectivity index is 0.941. The molecule has 30 atom stereocenters. The van der Waals surface area contributed by atoms with E-state index in [0.29, 0.717) is 25.7 Å². The van der Waals surface area contributed by atoms with E-state index in [2.05, 4.69) is 26.1 Å². The van der Waals surface area contributed by atoms with Crippen LogP contribution in [-0.4, -0.2) is 206 Å². The molecule has 23 nitrogen and oxygen atoms in total. The maximum absolute atomic E-state index is 13.8. The first-order valence-corrected chi connectivity index (χ1v) is 25.8. The van der Waals surface area contributed by atoms with Crippen molar-refractivity contribution in [1.82, 2.24) is 5.32 Å². The van der Waals surface area contributed by atoms with Crippen molar-refractivity contribution in [3.05, 3.63) is 0 Å². The van der Waals surface area contributed by atoms with Crippen LogP contribution >= 0.6 is 0 Å². The zero-order valence-corrected chi connectivity index (χ0v) is 40.7. The third kappa shape index (κ3) is 9.97. The standard InChI is InChI=1S/C47H85N7O16/c1-17(20-5-6-21-31-22(12-29(57)47(20,21)3)46(2)9-8-19(55)10-18(46)11-25(31)56)4-7-30(58)54-16-28-41(69-44-33(53)38(63)36(61)27(15-49)66-44)39(64)45(67-28)70-42-34(59)23(50)13-24(51)40(42)68-43-32(52)37(62)35(60)26(14-48)65-43/h17-29,31-45,55-57,59-64H,4-16,48-53H2,1-3H3,(H,54,58)/t17-,18+,19-,20-,21+,22+,23-,24+,25-,26-,27+,28-,29+,31+,32-,33-,34+,35-,36-,37-,38-,39-,40-,41-,42-,43-,44-,45+,46+,47-/m1/s1. The molecule has 0 unspecified atom stereocenters. The molecule has 5 aliphatic carbocycles. The third-order valence-corrected chi connectivity index (χ3v) is 19.0. The van der Waals surface area contributed by atoms with E-state index in [1.165, 1.54) is 0 Å². The predicted octanol–water partition coefficient (Wildman–Crippen LogP) is -5.39. The zero-order chi connectivity index (χ0) is 50.9. The van der Waals surface area contributed by atoms with Crippen molar-refractivity contribution in [3.8, 4) is 0 Å². The van der Waals surface area contributed by atoms with Crippen LogP contribution in [0.5, 0.6) is 0 Å². The van der Waals surface area contributed by atoms with E-state index in [9.17, 15) is 50.8 Å². The van der Waals surface area contributed by atoms with Gasteiger partial charge in [-0.05, 0) is 104 Å². The summed E-state index contributed by atoms with van der Waals surface area (Å²) in [5.74, 6) is 0.380. The van der Waals surface area contributed by atoms with Gasteiger partial charge in [0.15, 0.2) is 18.9 Å². The summed E-state index contributed by atoms with van der Waals surface area (Å²) in [7, 11) is 0. The van der Waals surface area contributed by atoms with Crippen molar-refractivity contribution in [2.45, 2.75) is 220 Å². The third-order valence-electron chi connectivity index (χ3n) is 19.0. The Kier molecular flexibility index (Phi) is 17.0. The lowest BCUT2D eigenvalue weighted by atomic mass is 9.43. The maximum Gasteiger partial charge on any atom is 0.220 e. The molecule has 8 aliphatic rings. The van der Waals surface area contributed by atoms with Crippen molar-refractivity contribution >= 4 is 5.91 Å². The lowest BCUT2D eigenvalue weighted by Crippen LogP contribution is -2.68. The van der Waals surface area contributed by atoms with Gasteiger partial charge in [0.25, 0.3) is 0 Å². The highest BCUT2D eigenvalue weighted by Gasteiger charge is 2.66. The lowest BCUT2D eigenvalue weighted by Gasteiger charge is -2.63. The molecule has 0 radical (unpaired) electrons. The molecule has 3 saturated heterocycles. The number of amides is 1. The fraction of sp³-hybridized carbons (Fsp3) is 0.979. The van der Waals surface area contributed by atoms with E-state index in [0.717, 1.165) is 25.7 Å². The number of fused-ring (bicyclic) bond motifs is 5. The van der Waals surface area contributed by atoms with Crippen LogP contribution < -0.4 is 39.7 Å². The second-order valence-electron chi connectivity index (χ2n) is 22.9. The molecule has 3 aliphatic heterocycles. The zero-order valence-electron chi connectivity index (χ0n) is 40.7. The summed E-state index contributed by atoms with van der Waals surface area (Å²) in [4.78, 5) is 13.8. The Morgan fingerprint density at radius 1 is 0.657 bits per heavy atom. The molecule has 1 amide bonds. The number of aliphatic hydroxyl groups is 9. The van der Waals surface area contributed by atoms with Gasteiger partial charge >= 0.3 is 0 Å². The number of carbonyl (C=O) groups is 1. The minimum absolute atomic E-state index is 0.0411. The quantitative estimate of drug-likeness (QED) is 0.0772. The Morgan fingerprint density at radius 3 is 1.86 bits per heavy atom. The normalized spacial score (nSPS) is 54.2. The minimum Gasteiger partial charge on any atom is -0.393 e. The Bertz CT molecular complexity index is 1770. The molecule has 22 N–H and O–H groups in total. The van der Waals surface area contributed by atoms with Gasteiger partial charge in [-0.2, -0.15) is 0 Å². The summed E-state index contributed by atoms with van der Waals surface area (Å²) in [5, 5.41) is 103. The second kappa shape index (κ2) is 21.7.